The van der Waals surface area contributed by atoms with Gasteiger partial charge in [0.2, 0.25) is 0 Å². The molecule has 0 saturated carbocycles. The van der Waals surface area contributed by atoms with Crippen LogP contribution in [0.15, 0.2) is 29.8 Å². The standard InChI is InChI=1S/C12H17N3O/c1-16-9-10-5-7-15(8-6-10)12-4-2-3-11(13)14-12/h2-5H,6-9H2,1H3,(H2,13,14). The van der Waals surface area contributed by atoms with Gasteiger partial charge in [0, 0.05) is 20.2 Å². The van der Waals surface area contributed by atoms with E-state index in [4.69, 9.17) is 10.5 Å². The van der Waals surface area contributed by atoms with Crippen molar-refractivity contribution in [3.8, 4) is 0 Å². The minimum Gasteiger partial charge on any atom is -0.384 e. The summed E-state index contributed by atoms with van der Waals surface area (Å²) in [7, 11) is 1.73. The van der Waals surface area contributed by atoms with E-state index in [1.54, 1.807) is 13.2 Å². The molecular formula is C12H17N3O. The monoisotopic (exact) mass is 219 g/mol. The predicted molar refractivity (Wildman–Crippen MR) is 65.4 cm³/mol. The molecular weight excluding hydrogens is 202 g/mol. The predicted octanol–water partition coefficient (Wildman–Crippen LogP) is 1.45. The molecule has 1 aromatic heterocycles. The van der Waals surface area contributed by atoms with Crippen LogP contribution in [-0.4, -0.2) is 31.8 Å². The zero-order chi connectivity index (χ0) is 11.4. The van der Waals surface area contributed by atoms with Crippen LogP contribution in [0.4, 0.5) is 11.6 Å². The fourth-order valence-corrected chi connectivity index (χ4v) is 1.85. The van der Waals surface area contributed by atoms with Crippen LogP contribution >= 0.6 is 0 Å². The first-order chi connectivity index (χ1) is 7.79. The molecule has 0 atom stereocenters. The highest BCUT2D eigenvalue weighted by Gasteiger charge is 2.12. The van der Waals surface area contributed by atoms with E-state index in [1.807, 2.05) is 12.1 Å². The number of rotatable bonds is 3. The molecule has 4 heteroatoms. The summed E-state index contributed by atoms with van der Waals surface area (Å²) >= 11 is 0. The highest BCUT2D eigenvalue weighted by molar-refractivity contribution is 5.46. The third-order valence-corrected chi connectivity index (χ3v) is 2.71. The SMILES string of the molecule is COCC1=CCN(c2cccc(N)n2)CC1. The van der Waals surface area contributed by atoms with Crippen molar-refractivity contribution in [1.29, 1.82) is 0 Å². The minimum absolute atomic E-state index is 0.573. The van der Waals surface area contributed by atoms with E-state index < -0.39 is 0 Å². The van der Waals surface area contributed by atoms with Crippen LogP contribution in [0.5, 0.6) is 0 Å². The first-order valence-corrected chi connectivity index (χ1v) is 5.44. The lowest BCUT2D eigenvalue weighted by Gasteiger charge is -2.27. The van der Waals surface area contributed by atoms with Crippen molar-refractivity contribution in [2.45, 2.75) is 6.42 Å². The lowest BCUT2D eigenvalue weighted by molar-refractivity contribution is 0.222. The second kappa shape index (κ2) is 4.99. The third kappa shape index (κ3) is 2.52. The molecule has 86 valence electrons. The van der Waals surface area contributed by atoms with Gasteiger partial charge in [0.1, 0.15) is 11.6 Å². The quantitative estimate of drug-likeness (QED) is 0.782. The van der Waals surface area contributed by atoms with Gasteiger partial charge in [-0.2, -0.15) is 0 Å². The van der Waals surface area contributed by atoms with Crippen LogP contribution in [0.25, 0.3) is 0 Å². The molecule has 0 amide bonds. The molecule has 1 aromatic rings. The van der Waals surface area contributed by atoms with Gasteiger partial charge in [-0.3, -0.25) is 0 Å². The molecule has 0 saturated heterocycles. The lowest BCUT2D eigenvalue weighted by atomic mass is 10.1. The molecule has 2 heterocycles. The molecule has 0 aliphatic carbocycles. The van der Waals surface area contributed by atoms with Crippen molar-refractivity contribution in [1.82, 2.24) is 4.98 Å². The van der Waals surface area contributed by atoms with Gasteiger partial charge in [-0.25, -0.2) is 4.98 Å². The maximum Gasteiger partial charge on any atom is 0.131 e. The van der Waals surface area contributed by atoms with E-state index in [9.17, 15) is 0 Å². The molecule has 2 N–H and O–H groups in total. The zero-order valence-corrected chi connectivity index (χ0v) is 9.52. The van der Waals surface area contributed by atoms with Crippen LogP contribution in [0.3, 0.4) is 0 Å². The number of anilines is 2. The summed E-state index contributed by atoms with van der Waals surface area (Å²) in [6.07, 6.45) is 3.24. The van der Waals surface area contributed by atoms with Crippen LogP contribution < -0.4 is 10.6 Å². The van der Waals surface area contributed by atoms with Gasteiger partial charge >= 0.3 is 0 Å². The second-order valence-electron chi connectivity index (χ2n) is 3.91. The van der Waals surface area contributed by atoms with Crippen molar-refractivity contribution < 1.29 is 4.74 Å². The maximum absolute atomic E-state index is 5.67. The van der Waals surface area contributed by atoms with Crippen LogP contribution in [-0.2, 0) is 4.74 Å². The third-order valence-electron chi connectivity index (χ3n) is 2.71. The molecule has 4 nitrogen and oxygen atoms in total. The highest BCUT2D eigenvalue weighted by Crippen LogP contribution is 2.18. The normalized spacial score (nSPS) is 16.1. The van der Waals surface area contributed by atoms with Crippen molar-refractivity contribution in [2.75, 3.05) is 37.4 Å². The van der Waals surface area contributed by atoms with Gasteiger partial charge in [0.05, 0.1) is 6.61 Å². The first kappa shape index (κ1) is 11.0. The average Bonchev–Trinajstić information content (AvgIpc) is 2.30. The molecule has 1 aliphatic rings. The number of hydrogen-bond donors (Lipinski definition) is 1. The Labute approximate surface area is 95.7 Å². The Balaban J connectivity index is 2.04. The number of nitrogen functional groups attached to an aromatic ring is 1. The highest BCUT2D eigenvalue weighted by atomic mass is 16.5. The topological polar surface area (TPSA) is 51.4 Å². The van der Waals surface area contributed by atoms with Gasteiger partial charge in [-0.15, -0.1) is 0 Å². The molecule has 0 bridgehead atoms. The van der Waals surface area contributed by atoms with Crippen LogP contribution in [0, 0.1) is 0 Å². The van der Waals surface area contributed by atoms with E-state index in [0.717, 1.165) is 31.9 Å². The molecule has 0 aromatic carbocycles. The summed E-state index contributed by atoms with van der Waals surface area (Å²) in [6, 6.07) is 5.73. The van der Waals surface area contributed by atoms with Crippen LogP contribution in [0.2, 0.25) is 0 Å². The lowest BCUT2D eigenvalue weighted by Crippen LogP contribution is -2.30. The summed E-state index contributed by atoms with van der Waals surface area (Å²) in [5.41, 5.74) is 7.03. The van der Waals surface area contributed by atoms with Gasteiger partial charge in [-0.1, -0.05) is 12.1 Å². The zero-order valence-electron chi connectivity index (χ0n) is 9.52. The summed E-state index contributed by atoms with van der Waals surface area (Å²) < 4.78 is 5.12. The number of pyridine rings is 1. The molecule has 16 heavy (non-hydrogen) atoms. The average molecular weight is 219 g/mol. The number of methoxy groups -OCH3 is 1. The van der Waals surface area contributed by atoms with E-state index in [2.05, 4.69) is 16.0 Å². The van der Waals surface area contributed by atoms with E-state index >= 15 is 0 Å². The second-order valence-corrected chi connectivity index (χ2v) is 3.91. The van der Waals surface area contributed by atoms with Gasteiger partial charge in [-0.05, 0) is 24.1 Å². The van der Waals surface area contributed by atoms with Crippen molar-refractivity contribution in [2.24, 2.45) is 0 Å². The summed E-state index contributed by atoms with van der Waals surface area (Å²) in [5.74, 6) is 1.52. The summed E-state index contributed by atoms with van der Waals surface area (Å²) in [6.45, 7) is 2.60. The largest absolute Gasteiger partial charge is 0.384 e. The molecule has 0 spiro atoms. The Hall–Kier alpha value is -1.55. The summed E-state index contributed by atoms with van der Waals surface area (Å²) in [4.78, 5) is 6.53. The van der Waals surface area contributed by atoms with E-state index in [0.29, 0.717) is 5.82 Å². The number of hydrogen-bond acceptors (Lipinski definition) is 4. The smallest absolute Gasteiger partial charge is 0.131 e. The Morgan fingerprint density at radius 3 is 3.00 bits per heavy atom. The van der Waals surface area contributed by atoms with Gasteiger partial charge in [0.25, 0.3) is 0 Å². The number of nitrogens with zero attached hydrogens (tertiary/aromatic N) is 2. The fraction of sp³-hybridized carbons (Fsp3) is 0.417. The Morgan fingerprint density at radius 2 is 2.38 bits per heavy atom. The minimum atomic E-state index is 0.573. The van der Waals surface area contributed by atoms with Crippen molar-refractivity contribution in [3.63, 3.8) is 0 Å². The number of aromatic nitrogens is 1. The Kier molecular flexibility index (Phi) is 3.41. The van der Waals surface area contributed by atoms with E-state index in [-0.39, 0.29) is 0 Å². The molecule has 0 radical (unpaired) electrons. The van der Waals surface area contributed by atoms with Crippen molar-refractivity contribution >= 4 is 11.6 Å². The molecule has 2 rings (SSSR count). The number of ether oxygens (including phenoxy) is 1. The number of nitrogens with two attached hydrogens (primary N) is 1. The first-order valence-electron chi connectivity index (χ1n) is 5.44. The maximum atomic E-state index is 5.67. The molecule has 0 fully saturated rings. The molecule has 1 aliphatic heterocycles. The van der Waals surface area contributed by atoms with E-state index in [1.165, 1.54) is 5.57 Å². The Morgan fingerprint density at radius 1 is 1.50 bits per heavy atom. The van der Waals surface area contributed by atoms with Gasteiger partial charge in [0.15, 0.2) is 0 Å². The fourth-order valence-electron chi connectivity index (χ4n) is 1.85. The molecule has 0 unspecified atom stereocenters. The van der Waals surface area contributed by atoms with Crippen LogP contribution in [0.1, 0.15) is 6.42 Å². The van der Waals surface area contributed by atoms with Gasteiger partial charge < -0.3 is 15.4 Å². The van der Waals surface area contributed by atoms with Crippen molar-refractivity contribution in [3.05, 3.63) is 29.8 Å². The Bertz CT molecular complexity index is 390. The summed E-state index contributed by atoms with van der Waals surface area (Å²) in [5, 5.41) is 0.